The zero-order valence-corrected chi connectivity index (χ0v) is 28.3. The molecule has 0 fully saturated rings. The summed E-state index contributed by atoms with van der Waals surface area (Å²) in [7, 11) is 1.12. The second kappa shape index (κ2) is 15.9. The minimum absolute atomic E-state index is 0.0294. The molecule has 0 unspecified atom stereocenters. The van der Waals surface area contributed by atoms with E-state index in [1.54, 1.807) is 38.1 Å². The van der Waals surface area contributed by atoms with E-state index in [1.165, 1.54) is 63.7 Å². The van der Waals surface area contributed by atoms with Gasteiger partial charge in [0.25, 0.3) is 10.0 Å². The Hall–Kier alpha value is -3.87. The Morgan fingerprint density at radius 1 is 0.844 bits per heavy atom. The Morgan fingerprint density at radius 3 is 2.02 bits per heavy atom. The van der Waals surface area contributed by atoms with Crippen molar-refractivity contribution in [1.29, 1.82) is 0 Å². The van der Waals surface area contributed by atoms with Crippen LogP contribution in [-0.2, 0) is 26.2 Å². The number of nitrogens with one attached hydrogen (secondary N) is 1. The van der Waals surface area contributed by atoms with Gasteiger partial charge in [0.1, 0.15) is 24.1 Å². The molecule has 3 aromatic rings. The number of nitrogens with zero attached hydrogens (tertiary/aromatic N) is 2. The average molecular weight is 683 g/mol. The summed E-state index contributed by atoms with van der Waals surface area (Å²) in [4.78, 5) is 28.7. The van der Waals surface area contributed by atoms with Gasteiger partial charge in [0.15, 0.2) is 11.5 Å². The fourth-order valence-corrected chi connectivity index (χ4v) is 6.62. The van der Waals surface area contributed by atoms with Gasteiger partial charge in [-0.05, 0) is 49.7 Å². The molecule has 3 aromatic carbocycles. The molecule has 1 N–H and O–H groups in total. The number of carbonyl (C=O) groups is 2. The lowest BCUT2D eigenvalue weighted by atomic mass is 10.1. The number of anilines is 1. The van der Waals surface area contributed by atoms with E-state index in [1.807, 2.05) is 0 Å². The SMILES string of the molecule is CCNC(=O)[C@@H](CC)N(Cc1c(Cl)cccc1Cl)C(=O)CN(c1cc(OC)ccc1OC)S(=O)(=O)c1ccc(OC)c(OC)c1. The predicted molar refractivity (Wildman–Crippen MR) is 173 cm³/mol. The van der Waals surface area contributed by atoms with Crippen LogP contribution in [0.3, 0.4) is 0 Å². The quantitative estimate of drug-likeness (QED) is 0.233. The normalized spacial score (nSPS) is 11.7. The Kier molecular flexibility index (Phi) is 12.6. The summed E-state index contributed by atoms with van der Waals surface area (Å²) in [5.41, 5.74) is 0.437. The number of carbonyl (C=O) groups excluding carboxylic acids is 2. The summed E-state index contributed by atoms with van der Waals surface area (Å²) in [5, 5.41) is 3.33. The number of ether oxygens (including phenoxy) is 4. The number of likely N-dealkylation sites (N-methyl/N-ethyl adjacent to an activating group) is 1. The topological polar surface area (TPSA) is 124 Å². The third-order valence-corrected chi connectivity index (χ3v) is 9.47. The second-order valence-corrected chi connectivity index (χ2v) is 12.3. The highest BCUT2D eigenvalue weighted by atomic mass is 35.5. The molecule has 11 nitrogen and oxygen atoms in total. The van der Waals surface area contributed by atoms with Crippen LogP contribution < -0.4 is 28.6 Å². The number of halogens is 2. The predicted octanol–water partition coefficient (Wildman–Crippen LogP) is 5.17. The van der Waals surface area contributed by atoms with Crippen LogP contribution in [-0.4, -0.2) is 72.7 Å². The molecule has 244 valence electrons. The summed E-state index contributed by atoms with van der Waals surface area (Å²) < 4.78 is 51.2. The van der Waals surface area contributed by atoms with Gasteiger partial charge in [-0.1, -0.05) is 36.2 Å². The first-order valence-corrected chi connectivity index (χ1v) is 16.1. The average Bonchev–Trinajstić information content (AvgIpc) is 3.03. The molecule has 0 aliphatic heterocycles. The largest absolute Gasteiger partial charge is 0.497 e. The molecule has 0 aliphatic carbocycles. The maximum Gasteiger partial charge on any atom is 0.265 e. The third-order valence-electron chi connectivity index (χ3n) is 7.00. The molecule has 0 saturated heterocycles. The second-order valence-electron chi connectivity index (χ2n) is 9.61. The van der Waals surface area contributed by atoms with Crippen molar-refractivity contribution in [3.05, 3.63) is 70.2 Å². The molecule has 0 aromatic heterocycles. The van der Waals surface area contributed by atoms with E-state index in [0.29, 0.717) is 23.6 Å². The lowest BCUT2D eigenvalue weighted by Crippen LogP contribution is -2.52. The Morgan fingerprint density at radius 2 is 1.47 bits per heavy atom. The van der Waals surface area contributed by atoms with Crippen LogP contribution in [0.15, 0.2) is 59.5 Å². The number of methoxy groups -OCH3 is 4. The molecule has 14 heteroatoms. The van der Waals surface area contributed by atoms with Gasteiger partial charge < -0.3 is 29.2 Å². The molecule has 0 bridgehead atoms. The van der Waals surface area contributed by atoms with Gasteiger partial charge in [-0.2, -0.15) is 0 Å². The summed E-state index contributed by atoms with van der Waals surface area (Å²) >= 11 is 12.9. The summed E-state index contributed by atoms with van der Waals surface area (Å²) in [6, 6.07) is 12.6. The summed E-state index contributed by atoms with van der Waals surface area (Å²) in [6.07, 6.45) is 0.227. The number of amides is 2. The maximum absolute atomic E-state index is 14.4. The van der Waals surface area contributed by atoms with Crippen molar-refractivity contribution in [2.75, 3.05) is 45.8 Å². The molecular weight excluding hydrogens is 645 g/mol. The fraction of sp³-hybridized carbons (Fsp3) is 0.355. The third kappa shape index (κ3) is 8.05. The highest BCUT2D eigenvalue weighted by molar-refractivity contribution is 7.92. The van der Waals surface area contributed by atoms with E-state index in [2.05, 4.69) is 5.32 Å². The standard InChI is InChI=1S/C31H37Cl2N3O8S/c1-7-25(31(38)34-8-2)35(18-22-23(32)10-9-11-24(22)33)30(37)19-36(26-16-20(41-3)12-14-27(26)42-4)45(39,40)21-13-15-28(43-5)29(17-21)44-6/h9-17,25H,7-8,18-19H2,1-6H3,(H,34,38)/t25-/m1/s1. The van der Waals surface area contributed by atoms with Gasteiger partial charge in [-0.3, -0.25) is 13.9 Å². The van der Waals surface area contributed by atoms with Gasteiger partial charge in [0.2, 0.25) is 11.8 Å². The fourth-order valence-electron chi connectivity index (χ4n) is 4.67. The minimum Gasteiger partial charge on any atom is -0.497 e. The van der Waals surface area contributed by atoms with Crippen molar-refractivity contribution in [2.45, 2.75) is 37.8 Å². The van der Waals surface area contributed by atoms with E-state index in [4.69, 9.17) is 42.1 Å². The molecule has 1 atom stereocenters. The van der Waals surface area contributed by atoms with E-state index in [9.17, 15) is 18.0 Å². The van der Waals surface area contributed by atoms with Crippen LogP contribution >= 0.6 is 23.2 Å². The van der Waals surface area contributed by atoms with Crippen LogP contribution in [0.5, 0.6) is 23.0 Å². The molecule has 0 radical (unpaired) electrons. The molecule has 2 amide bonds. The van der Waals surface area contributed by atoms with Gasteiger partial charge in [0, 0.05) is 40.8 Å². The zero-order valence-electron chi connectivity index (χ0n) is 25.9. The molecule has 3 rings (SSSR count). The lowest BCUT2D eigenvalue weighted by molar-refractivity contribution is -0.140. The van der Waals surface area contributed by atoms with E-state index in [-0.39, 0.29) is 45.1 Å². The van der Waals surface area contributed by atoms with Crippen molar-refractivity contribution in [3.8, 4) is 23.0 Å². The van der Waals surface area contributed by atoms with Gasteiger partial charge in [0.05, 0.1) is 39.0 Å². The first kappa shape index (κ1) is 35.6. The smallest absolute Gasteiger partial charge is 0.265 e. The number of benzene rings is 3. The Balaban J connectivity index is 2.23. The molecule has 0 spiro atoms. The van der Waals surface area contributed by atoms with E-state index < -0.39 is 34.4 Å². The summed E-state index contributed by atoms with van der Waals surface area (Å²) in [5.74, 6) is -0.153. The number of hydrogen-bond acceptors (Lipinski definition) is 8. The van der Waals surface area contributed by atoms with E-state index >= 15 is 0 Å². The van der Waals surface area contributed by atoms with Crippen molar-refractivity contribution in [1.82, 2.24) is 10.2 Å². The highest BCUT2D eigenvalue weighted by Gasteiger charge is 2.36. The molecule has 0 saturated carbocycles. The molecule has 45 heavy (non-hydrogen) atoms. The highest BCUT2D eigenvalue weighted by Crippen LogP contribution is 2.38. The van der Waals surface area contributed by atoms with Crippen LogP contribution in [0.1, 0.15) is 25.8 Å². The lowest BCUT2D eigenvalue weighted by Gasteiger charge is -2.34. The number of sulfonamides is 1. The van der Waals surface area contributed by atoms with Gasteiger partial charge >= 0.3 is 0 Å². The van der Waals surface area contributed by atoms with Crippen molar-refractivity contribution in [3.63, 3.8) is 0 Å². The maximum atomic E-state index is 14.4. The molecule has 0 heterocycles. The van der Waals surface area contributed by atoms with Crippen LogP contribution in [0.2, 0.25) is 10.0 Å². The Bertz CT molecular complexity index is 1600. The van der Waals surface area contributed by atoms with Crippen LogP contribution in [0.25, 0.3) is 0 Å². The number of rotatable bonds is 15. The van der Waals surface area contributed by atoms with E-state index in [0.717, 1.165) is 4.31 Å². The first-order chi connectivity index (χ1) is 21.5. The monoisotopic (exact) mass is 681 g/mol. The van der Waals surface area contributed by atoms with Crippen LogP contribution in [0, 0.1) is 0 Å². The van der Waals surface area contributed by atoms with Crippen molar-refractivity contribution >= 4 is 50.7 Å². The Labute approximate surface area is 274 Å². The molecular formula is C31H37Cl2N3O8S. The zero-order chi connectivity index (χ0) is 33.3. The van der Waals surface area contributed by atoms with Crippen LogP contribution in [0.4, 0.5) is 5.69 Å². The van der Waals surface area contributed by atoms with Crippen molar-refractivity contribution in [2.24, 2.45) is 0 Å². The summed E-state index contributed by atoms with van der Waals surface area (Å²) in [6.45, 7) is 2.95. The molecule has 0 aliphatic rings. The van der Waals surface area contributed by atoms with Crippen molar-refractivity contribution < 1.29 is 37.0 Å². The van der Waals surface area contributed by atoms with Gasteiger partial charge in [-0.25, -0.2) is 8.42 Å². The number of hydrogen-bond donors (Lipinski definition) is 1. The minimum atomic E-state index is -4.49. The van der Waals surface area contributed by atoms with Gasteiger partial charge in [-0.15, -0.1) is 0 Å². The first-order valence-electron chi connectivity index (χ1n) is 13.9.